The fourth-order valence-electron chi connectivity index (χ4n) is 2.34. The van der Waals surface area contributed by atoms with Gasteiger partial charge in [-0.1, -0.05) is 0 Å². The lowest BCUT2D eigenvalue weighted by molar-refractivity contribution is -0.385. The zero-order valence-corrected chi connectivity index (χ0v) is 12.1. The minimum absolute atomic E-state index is 0.0634. The highest BCUT2D eigenvalue weighted by atomic mass is 16.6. The molecule has 1 atom stereocenters. The van der Waals surface area contributed by atoms with Crippen LogP contribution in [0.1, 0.15) is 30.1 Å². The predicted molar refractivity (Wildman–Crippen MR) is 77.3 cm³/mol. The third-order valence-corrected chi connectivity index (χ3v) is 3.94. The van der Waals surface area contributed by atoms with E-state index < -0.39 is 10.5 Å². The number of benzene rings is 1. The van der Waals surface area contributed by atoms with E-state index in [0.29, 0.717) is 18.0 Å². The van der Waals surface area contributed by atoms with Crippen LogP contribution >= 0.6 is 0 Å². The van der Waals surface area contributed by atoms with Crippen molar-refractivity contribution in [1.82, 2.24) is 5.32 Å². The second-order valence-corrected chi connectivity index (χ2v) is 5.49. The fraction of sp³-hybridized carbons (Fsp3) is 0.500. The Kier molecular flexibility index (Phi) is 4.13. The van der Waals surface area contributed by atoms with Crippen molar-refractivity contribution in [3.05, 3.63) is 33.9 Å². The van der Waals surface area contributed by atoms with Crippen LogP contribution in [0.25, 0.3) is 0 Å². The highest BCUT2D eigenvalue weighted by Gasteiger charge is 2.41. The van der Waals surface area contributed by atoms with Gasteiger partial charge in [-0.2, -0.15) is 0 Å². The second-order valence-electron chi connectivity index (χ2n) is 5.49. The smallest absolute Gasteiger partial charge is 0.310 e. The Balaban J connectivity index is 2.21. The van der Waals surface area contributed by atoms with Crippen LogP contribution in [-0.4, -0.2) is 30.0 Å². The zero-order valence-electron chi connectivity index (χ0n) is 12.1. The van der Waals surface area contributed by atoms with Gasteiger partial charge in [0.25, 0.3) is 5.91 Å². The van der Waals surface area contributed by atoms with E-state index in [1.165, 1.54) is 25.3 Å². The molecular weight excluding hydrogens is 274 g/mol. The summed E-state index contributed by atoms with van der Waals surface area (Å²) in [6.45, 7) is 2.28. The number of nitro benzene ring substituents is 1. The van der Waals surface area contributed by atoms with Gasteiger partial charge in [0.05, 0.1) is 17.6 Å². The quantitative estimate of drug-likeness (QED) is 0.610. The Morgan fingerprint density at radius 2 is 2.24 bits per heavy atom. The van der Waals surface area contributed by atoms with Crippen molar-refractivity contribution in [1.29, 1.82) is 0 Å². The van der Waals surface area contributed by atoms with Gasteiger partial charge in [-0.15, -0.1) is 0 Å². The number of rotatable bonds is 6. The molecule has 7 heteroatoms. The summed E-state index contributed by atoms with van der Waals surface area (Å²) < 4.78 is 4.97. The van der Waals surface area contributed by atoms with Crippen LogP contribution in [-0.2, 0) is 0 Å². The van der Waals surface area contributed by atoms with Gasteiger partial charge >= 0.3 is 5.69 Å². The lowest BCUT2D eigenvalue weighted by Crippen LogP contribution is -2.53. The maximum atomic E-state index is 12.3. The number of amides is 1. The standard InChI is InChI=1S/C14H19N3O4/c1-14(8-15,10-4-5-10)16-13(18)9-3-6-11(17(19)20)12(7-9)21-2/h3,6-7,10H,4-5,8,15H2,1-2H3,(H,16,18). The molecule has 0 aromatic heterocycles. The number of carbonyl (C=O) groups is 1. The second kappa shape index (κ2) is 5.69. The monoisotopic (exact) mass is 293 g/mol. The van der Waals surface area contributed by atoms with Crippen LogP contribution in [0.3, 0.4) is 0 Å². The number of nitrogens with two attached hydrogens (primary N) is 1. The summed E-state index contributed by atoms with van der Waals surface area (Å²) in [7, 11) is 1.33. The van der Waals surface area contributed by atoms with Crippen LogP contribution < -0.4 is 15.8 Å². The fourth-order valence-corrected chi connectivity index (χ4v) is 2.34. The molecular formula is C14H19N3O4. The van der Waals surface area contributed by atoms with Gasteiger partial charge in [-0.25, -0.2) is 0 Å². The molecule has 1 aliphatic rings. The van der Waals surface area contributed by atoms with E-state index >= 15 is 0 Å². The maximum absolute atomic E-state index is 12.3. The summed E-state index contributed by atoms with van der Waals surface area (Å²) in [5.74, 6) is 0.156. The lowest BCUT2D eigenvalue weighted by atomic mass is 9.95. The summed E-state index contributed by atoms with van der Waals surface area (Å²) in [4.78, 5) is 22.6. The number of nitro groups is 1. The lowest BCUT2D eigenvalue weighted by Gasteiger charge is -2.29. The molecule has 21 heavy (non-hydrogen) atoms. The van der Waals surface area contributed by atoms with Gasteiger partial charge in [0, 0.05) is 24.2 Å². The number of ether oxygens (including phenoxy) is 1. The van der Waals surface area contributed by atoms with Crippen LogP contribution in [0.4, 0.5) is 5.69 Å². The number of nitrogens with zero attached hydrogens (tertiary/aromatic N) is 1. The molecule has 114 valence electrons. The molecule has 3 N–H and O–H groups in total. The Morgan fingerprint density at radius 1 is 1.57 bits per heavy atom. The first-order valence-electron chi connectivity index (χ1n) is 6.76. The molecule has 1 unspecified atom stereocenters. The first-order chi connectivity index (χ1) is 9.91. The normalized spacial score (nSPS) is 16.9. The highest BCUT2D eigenvalue weighted by molar-refractivity contribution is 5.95. The Bertz CT molecular complexity index is 571. The van der Waals surface area contributed by atoms with E-state index in [1.54, 1.807) is 0 Å². The number of hydrogen-bond donors (Lipinski definition) is 2. The zero-order chi connectivity index (χ0) is 15.6. The number of nitrogens with one attached hydrogen (secondary N) is 1. The summed E-state index contributed by atoms with van der Waals surface area (Å²) in [6, 6.07) is 4.06. The van der Waals surface area contributed by atoms with Crippen LogP contribution in [0.5, 0.6) is 5.75 Å². The minimum Gasteiger partial charge on any atom is -0.490 e. The molecule has 7 nitrogen and oxygen atoms in total. The Hall–Kier alpha value is -2.15. The molecule has 0 heterocycles. The molecule has 0 bridgehead atoms. The van der Waals surface area contributed by atoms with E-state index in [2.05, 4.69) is 5.32 Å². The van der Waals surface area contributed by atoms with Crippen molar-refractivity contribution in [2.24, 2.45) is 11.7 Å². The highest BCUT2D eigenvalue weighted by Crippen LogP contribution is 2.39. The van der Waals surface area contributed by atoms with Crippen molar-refractivity contribution >= 4 is 11.6 Å². The summed E-state index contributed by atoms with van der Waals surface area (Å²) >= 11 is 0. The van der Waals surface area contributed by atoms with Gasteiger partial charge < -0.3 is 15.8 Å². The summed E-state index contributed by atoms with van der Waals surface area (Å²) in [6.07, 6.45) is 2.11. The predicted octanol–water partition coefficient (Wildman–Crippen LogP) is 1.46. The summed E-state index contributed by atoms with van der Waals surface area (Å²) in [5.41, 5.74) is 5.48. The third kappa shape index (κ3) is 3.13. The molecule has 1 saturated carbocycles. The molecule has 0 saturated heterocycles. The summed E-state index contributed by atoms with van der Waals surface area (Å²) in [5, 5.41) is 13.8. The molecule has 1 aromatic rings. The van der Waals surface area contributed by atoms with Crippen molar-refractivity contribution < 1.29 is 14.5 Å². The average Bonchev–Trinajstić information content (AvgIpc) is 3.31. The Morgan fingerprint density at radius 3 is 2.71 bits per heavy atom. The molecule has 0 aliphatic heterocycles. The topological polar surface area (TPSA) is 107 Å². The largest absolute Gasteiger partial charge is 0.490 e. The molecule has 1 fully saturated rings. The van der Waals surface area contributed by atoms with E-state index in [4.69, 9.17) is 10.5 Å². The number of carbonyl (C=O) groups excluding carboxylic acids is 1. The van der Waals surface area contributed by atoms with Gasteiger partial charge in [0.1, 0.15) is 0 Å². The van der Waals surface area contributed by atoms with Crippen LogP contribution in [0.2, 0.25) is 0 Å². The molecule has 0 radical (unpaired) electrons. The number of hydrogen-bond acceptors (Lipinski definition) is 5. The van der Waals surface area contributed by atoms with Crippen molar-refractivity contribution in [2.45, 2.75) is 25.3 Å². The van der Waals surface area contributed by atoms with E-state index in [-0.39, 0.29) is 17.3 Å². The molecule has 2 rings (SSSR count). The van der Waals surface area contributed by atoms with E-state index in [0.717, 1.165) is 12.8 Å². The van der Waals surface area contributed by atoms with Crippen molar-refractivity contribution in [3.8, 4) is 5.75 Å². The van der Waals surface area contributed by atoms with Crippen molar-refractivity contribution in [3.63, 3.8) is 0 Å². The third-order valence-electron chi connectivity index (χ3n) is 3.94. The van der Waals surface area contributed by atoms with Crippen molar-refractivity contribution in [2.75, 3.05) is 13.7 Å². The molecule has 1 aliphatic carbocycles. The SMILES string of the molecule is COc1cc(C(=O)NC(C)(CN)C2CC2)ccc1[N+](=O)[O-]. The first kappa shape index (κ1) is 15.2. The molecule has 0 spiro atoms. The van der Waals surface area contributed by atoms with E-state index in [1.807, 2.05) is 6.92 Å². The van der Waals surface area contributed by atoms with E-state index in [9.17, 15) is 14.9 Å². The maximum Gasteiger partial charge on any atom is 0.310 e. The van der Waals surface area contributed by atoms with Gasteiger partial charge in [-0.05, 0) is 31.7 Å². The molecule has 1 amide bonds. The Labute approximate surface area is 122 Å². The van der Waals surface area contributed by atoms with Crippen LogP contribution in [0.15, 0.2) is 18.2 Å². The van der Waals surface area contributed by atoms with Gasteiger partial charge in [0.15, 0.2) is 5.75 Å². The first-order valence-corrected chi connectivity index (χ1v) is 6.76. The minimum atomic E-state index is -0.547. The van der Waals surface area contributed by atoms with Gasteiger partial charge in [0.2, 0.25) is 0 Å². The van der Waals surface area contributed by atoms with Gasteiger partial charge in [-0.3, -0.25) is 14.9 Å². The van der Waals surface area contributed by atoms with Crippen LogP contribution in [0, 0.1) is 16.0 Å². The average molecular weight is 293 g/mol. The number of methoxy groups -OCH3 is 1. The molecule has 1 aromatic carbocycles.